The van der Waals surface area contributed by atoms with Gasteiger partial charge in [0, 0.05) is 11.4 Å². The fourth-order valence-corrected chi connectivity index (χ4v) is 3.86. The first kappa shape index (κ1) is 21.4. The number of ether oxygens (including phenoxy) is 1. The van der Waals surface area contributed by atoms with E-state index in [1.807, 2.05) is 37.3 Å². The van der Waals surface area contributed by atoms with Gasteiger partial charge in [-0.25, -0.2) is 8.42 Å². The number of carbonyl (C=O) groups is 1. The molecule has 0 unspecified atom stereocenters. The smallest absolute Gasteiger partial charge is 0.262 e. The van der Waals surface area contributed by atoms with Crippen molar-refractivity contribution in [2.24, 2.45) is 0 Å². The minimum atomic E-state index is -3.71. The third-order valence-corrected chi connectivity index (χ3v) is 5.82. The summed E-state index contributed by atoms with van der Waals surface area (Å²) in [4.78, 5) is 12.2. The van der Waals surface area contributed by atoms with Crippen LogP contribution in [0.4, 0.5) is 11.4 Å². The van der Waals surface area contributed by atoms with Crippen molar-refractivity contribution in [3.8, 4) is 5.75 Å². The molecule has 30 heavy (non-hydrogen) atoms. The van der Waals surface area contributed by atoms with E-state index in [0.717, 1.165) is 12.0 Å². The summed E-state index contributed by atoms with van der Waals surface area (Å²) in [7, 11) is -3.71. The van der Waals surface area contributed by atoms with E-state index in [0.29, 0.717) is 17.1 Å². The van der Waals surface area contributed by atoms with Crippen LogP contribution in [-0.2, 0) is 21.2 Å². The van der Waals surface area contributed by atoms with E-state index in [4.69, 9.17) is 4.74 Å². The molecule has 0 atom stereocenters. The number of carbonyl (C=O) groups excluding carboxylic acids is 1. The van der Waals surface area contributed by atoms with E-state index >= 15 is 0 Å². The van der Waals surface area contributed by atoms with E-state index < -0.39 is 10.0 Å². The van der Waals surface area contributed by atoms with Crippen LogP contribution in [-0.4, -0.2) is 20.9 Å². The summed E-state index contributed by atoms with van der Waals surface area (Å²) >= 11 is 0. The number of sulfonamides is 1. The maximum absolute atomic E-state index is 12.5. The third-order valence-electron chi connectivity index (χ3n) is 4.42. The van der Waals surface area contributed by atoms with Gasteiger partial charge in [-0.15, -0.1) is 0 Å². The lowest BCUT2D eigenvalue weighted by molar-refractivity contribution is -0.118. The van der Waals surface area contributed by atoms with E-state index in [1.54, 1.807) is 18.2 Å². The van der Waals surface area contributed by atoms with Gasteiger partial charge in [-0.1, -0.05) is 31.2 Å². The van der Waals surface area contributed by atoms with Gasteiger partial charge < -0.3 is 10.1 Å². The summed E-state index contributed by atoms with van der Waals surface area (Å²) in [6, 6.07) is 20.6. The van der Waals surface area contributed by atoms with Crippen molar-refractivity contribution in [1.29, 1.82) is 0 Å². The Balaban J connectivity index is 1.56. The van der Waals surface area contributed by atoms with Gasteiger partial charge in [-0.05, 0) is 73.0 Å². The van der Waals surface area contributed by atoms with E-state index in [1.165, 1.54) is 29.8 Å². The van der Waals surface area contributed by atoms with E-state index in [-0.39, 0.29) is 17.4 Å². The molecule has 0 radical (unpaired) electrons. The highest BCUT2D eigenvalue weighted by Gasteiger charge is 2.14. The first-order chi connectivity index (χ1) is 14.4. The van der Waals surface area contributed by atoms with Gasteiger partial charge in [-0.3, -0.25) is 9.52 Å². The Morgan fingerprint density at radius 3 is 2.27 bits per heavy atom. The average molecular weight is 425 g/mol. The molecule has 0 saturated carbocycles. The number of hydrogen-bond donors (Lipinski definition) is 2. The van der Waals surface area contributed by atoms with Gasteiger partial charge in [0.2, 0.25) is 0 Å². The summed E-state index contributed by atoms with van der Waals surface area (Å²) in [5.41, 5.74) is 3.35. The highest BCUT2D eigenvalue weighted by atomic mass is 32.2. The molecule has 0 spiro atoms. The molecule has 3 aromatic carbocycles. The fourth-order valence-electron chi connectivity index (χ4n) is 2.81. The maximum Gasteiger partial charge on any atom is 0.262 e. The van der Waals surface area contributed by atoms with Gasteiger partial charge in [0.1, 0.15) is 5.75 Å². The Bertz CT molecular complexity index is 1110. The zero-order valence-electron chi connectivity index (χ0n) is 16.9. The van der Waals surface area contributed by atoms with Crippen LogP contribution in [0.15, 0.2) is 77.7 Å². The van der Waals surface area contributed by atoms with Crippen molar-refractivity contribution in [2.75, 3.05) is 16.6 Å². The number of anilines is 2. The highest BCUT2D eigenvalue weighted by molar-refractivity contribution is 7.92. The minimum Gasteiger partial charge on any atom is -0.484 e. The largest absolute Gasteiger partial charge is 0.484 e. The lowest BCUT2D eigenvalue weighted by Gasteiger charge is -2.10. The molecule has 0 saturated heterocycles. The predicted octanol–water partition coefficient (Wildman–Crippen LogP) is 4.38. The number of benzene rings is 3. The molecular formula is C23H24N2O4S. The van der Waals surface area contributed by atoms with Gasteiger partial charge >= 0.3 is 0 Å². The third kappa shape index (κ3) is 5.84. The molecule has 0 aromatic heterocycles. The quantitative estimate of drug-likeness (QED) is 0.562. The predicted molar refractivity (Wildman–Crippen MR) is 118 cm³/mol. The van der Waals surface area contributed by atoms with Crippen molar-refractivity contribution >= 4 is 27.3 Å². The summed E-state index contributed by atoms with van der Waals surface area (Å²) in [6.07, 6.45) is 0.934. The molecule has 1 amide bonds. The molecule has 0 bridgehead atoms. The van der Waals surface area contributed by atoms with Crippen molar-refractivity contribution < 1.29 is 17.9 Å². The molecule has 3 aromatic rings. The van der Waals surface area contributed by atoms with Crippen LogP contribution in [0.2, 0.25) is 0 Å². The number of nitrogens with one attached hydrogen (secondary N) is 2. The van der Waals surface area contributed by atoms with Gasteiger partial charge in [0.15, 0.2) is 6.61 Å². The molecule has 0 heterocycles. The number of aryl methyl sites for hydroxylation is 2. The zero-order chi connectivity index (χ0) is 21.6. The minimum absolute atomic E-state index is 0.108. The average Bonchev–Trinajstić information content (AvgIpc) is 2.73. The van der Waals surface area contributed by atoms with Crippen molar-refractivity contribution in [1.82, 2.24) is 0 Å². The number of amides is 1. The van der Waals surface area contributed by atoms with Gasteiger partial charge in [-0.2, -0.15) is 0 Å². The Hall–Kier alpha value is -3.32. The normalized spacial score (nSPS) is 11.0. The molecule has 0 aliphatic heterocycles. The molecule has 156 valence electrons. The van der Waals surface area contributed by atoms with E-state index in [9.17, 15) is 13.2 Å². The van der Waals surface area contributed by atoms with Crippen molar-refractivity contribution in [3.05, 3.63) is 83.9 Å². The van der Waals surface area contributed by atoms with Crippen LogP contribution >= 0.6 is 0 Å². The Morgan fingerprint density at radius 1 is 0.933 bits per heavy atom. The SMILES string of the molecule is CCc1ccc(NC(=O)COc2ccc(S(=O)(=O)Nc3cccc(C)c3)cc2)cc1. The first-order valence-electron chi connectivity index (χ1n) is 9.57. The number of rotatable bonds is 8. The fraction of sp³-hybridized carbons (Fsp3) is 0.174. The topological polar surface area (TPSA) is 84.5 Å². The van der Waals surface area contributed by atoms with Crippen molar-refractivity contribution in [2.45, 2.75) is 25.2 Å². The Morgan fingerprint density at radius 2 is 1.63 bits per heavy atom. The lowest BCUT2D eigenvalue weighted by atomic mass is 10.1. The van der Waals surface area contributed by atoms with Crippen LogP contribution in [0.1, 0.15) is 18.1 Å². The zero-order valence-corrected chi connectivity index (χ0v) is 17.7. The molecule has 0 aliphatic rings. The molecule has 6 nitrogen and oxygen atoms in total. The summed E-state index contributed by atoms with van der Waals surface area (Å²) in [5, 5.41) is 2.76. The second-order valence-electron chi connectivity index (χ2n) is 6.83. The summed E-state index contributed by atoms with van der Waals surface area (Å²) in [5.74, 6) is 0.109. The van der Waals surface area contributed by atoms with Gasteiger partial charge in [0.05, 0.1) is 4.90 Å². The number of hydrogen-bond acceptors (Lipinski definition) is 4. The molecule has 7 heteroatoms. The second kappa shape index (κ2) is 9.45. The standard InChI is InChI=1S/C23H24N2O4S/c1-3-18-7-9-19(10-8-18)24-23(26)16-29-21-11-13-22(14-12-21)30(27,28)25-20-6-4-5-17(2)15-20/h4-15,25H,3,16H2,1-2H3,(H,24,26). The molecule has 0 fully saturated rings. The van der Waals surface area contributed by atoms with Crippen molar-refractivity contribution in [3.63, 3.8) is 0 Å². The monoisotopic (exact) mass is 424 g/mol. The molecule has 0 aliphatic carbocycles. The second-order valence-corrected chi connectivity index (χ2v) is 8.52. The van der Waals surface area contributed by atoms with Crippen LogP contribution < -0.4 is 14.8 Å². The molecule has 3 rings (SSSR count). The van der Waals surface area contributed by atoms with Crippen LogP contribution in [0.25, 0.3) is 0 Å². The van der Waals surface area contributed by atoms with Gasteiger partial charge in [0.25, 0.3) is 15.9 Å². The van der Waals surface area contributed by atoms with Crippen LogP contribution in [0, 0.1) is 6.92 Å². The Kier molecular flexibility index (Phi) is 6.74. The summed E-state index contributed by atoms with van der Waals surface area (Å²) in [6.45, 7) is 3.78. The first-order valence-corrected chi connectivity index (χ1v) is 11.0. The molecular weight excluding hydrogens is 400 g/mol. The molecule has 2 N–H and O–H groups in total. The summed E-state index contributed by atoms with van der Waals surface area (Å²) < 4.78 is 33.1. The maximum atomic E-state index is 12.5. The van der Waals surface area contributed by atoms with E-state index in [2.05, 4.69) is 17.0 Å². The Labute approximate surface area is 177 Å². The van der Waals surface area contributed by atoms with Crippen LogP contribution in [0.5, 0.6) is 5.75 Å². The lowest BCUT2D eigenvalue weighted by Crippen LogP contribution is -2.20. The van der Waals surface area contributed by atoms with Crippen LogP contribution in [0.3, 0.4) is 0 Å². The highest BCUT2D eigenvalue weighted by Crippen LogP contribution is 2.20.